The number of esters is 2. The number of sulfonamides is 1. The fourth-order valence-corrected chi connectivity index (χ4v) is 2.96. The first kappa shape index (κ1) is 17.1. The molecule has 1 rings (SSSR count). The van der Waals surface area contributed by atoms with Crippen LogP contribution in [0.1, 0.15) is 6.42 Å². The van der Waals surface area contributed by atoms with Crippen LogP contribution in [0.25, 0.3) is 0 Å². The second-order valence-corrected chi connectivity index (χ2v) is 5.99. The maximum Gasteiger partial charge on any atom is 0.321 e. The highest BCUT2D eigenvalue weighted by atomic mass is 32.2. The van der Waals surface area contributed by atoms with Gasteiger partial charge < -0.3 is 9.47 Å². The lowest BCUT2D eigenvalue weighted by Gasteiger charge is -2.20. The molecule has 0 radical (unpaired) electrons. The lowest BCUT2D eigenvalue weighted by atomic mass is 10.4. The molecule has 0 N–H and O–H groups in total. The van der Waals surface area contributed by atoms with Gasteiger partial charge in [-0.2, -0.15) is 4.31 Å². The van der Waals surface area contributed by atoms with Gasteiger partial charge in [-0.25, -0.2) is 8.42 Å². The van der Waals surface area contributed by atoms with Gasteiger partial charge in [-0.3, -0.25) is 9.59 Å². The molecule has 0 heterocycles. The lowest BCUT2D eigenvalue weighted by Crippen LogP contribution is -2.37. The van der Waals surface area contributed by atoms with E-state index in [1.165, 1.54) is 19.2 Å². The van der Waals surface area contributed by atoms with Crippen LogP contribution >= 0.6 is 0 Å². The number of methoxy groups -OCH3 is 2. The van der Waals surface area contributed by atoms with E-state index >= 15 is 0 Å². The second kappa shape index (κ2) is 7.75. The zero-order chi connectivity index (χ0) is 15.9. The van der Waals surface area contributed by atoms with Gasteiger partial charge in [0.25, 0.3) is 0 Å². The molecule has 1 aromatic rings. The first-order valence-electron chi connectivity index (χ1n) is 6.10. The highest BCUT2D eigenvalue weighted by molar-refractivity contribution is 7.89. The van der Waals surface area contributed by atoms with Gasteiger partial charge in [-0.15, -0.1) is 0 Å². The second-order valence-electron chi connectivity index (χ2n) is 4.05. The van der Waals surface area contributed by atoms with Crippen LogP contribution in [0.3, 0.4) is 0 Å². The molecule has 0 aliphatic carbocycles. The van der Waals surface area contributed by atoms with Crippen LogP contribution in [-0.4, -0.2) is 52.0 Å². The van der Waals surface area contributed by atoms with Crippen molar-refractivity contribution in [3.8, 4) is 0 Å². The summed E-state index contributed by atoms with van der Waals surface area (Å²) < 4.78 is 34.8. The quantitative estimate of drug-likeness (QED) is 0.677. The first-order valence-corrected chi connectivity index (χ1v) is 7.54. The van der Waals surface area contributed by atoms with Gasteiger partial charge in [-0.05, 0) is 12.1 Å². The van der Waals surface area contributed by atoms with E-state index in [1.54, 1.807) is 18.2 Å². The first-order chi connectivity index (χ1) is 9.91. The molecule has 0 amide bonds. The Hall–Kier alpha value is -1.93. The van der Waals surface area contributed by atoms with Gasteiger partial charge in [0.1, 0.15) is 6.54 Å². The van der Waals surface area contributed by atoms with Crippen molar-refractivity contribution in [2.75, 3.05) is 27.3 Å². The summed E-state index contributed by atoms with van der Waals surface area (Å²) >= 11 is 0. The molecule has 0 unspecified atom stereocenters. The molecule has 0 saturated heterocycles. The number of hydrogen-bond acceptors (Lipinski definition) is 6. The summed E-state index contributed by atoms with van der Waals surface area (Å²) in [4.78, 5) is 22.6. The summed E-state index contributed by atoms with van der Waals surface area (Å²) in [5, 5.41) is 0. The van der Waals surface area contributed by atoms with Crippen LogP contribution in [-0.2, 0) is 29.1 Å². The Labute approximate surface area is 123 Å². The number of hydrogen-bond donors (Lipinski definition) is 0. The third-order valence-electron chi connectivity index (χ3n) is 2.71. The minimum atomic E-state index is -3.89. The molecule has 1 aromatic carbocycles. The molecular formula is C13H17NO6S. The standard InChI is InChI=1S/C13H17NO6S/c1-19-12(15)8-9-14(10-13(16)20-2)21(17,18)11-6-4-3-5-7-11/h3-7H,8-10H2,1-2H3. The third kappa shape index (κ3) is 4.83. The Morgan fingerprint density at radius 3 is 2.14 bits per heavy atom. The SMILES string of the molecule is COC(=O)CCN(CC(=O)OC)S(=O)(=O)c1ccccc1. The average Bonchev–Trinajstić information content (AvgIpc) is 2.51. The molecule has 0 atom stereocenters. The molecule has 0 aromatic heterocycles. The lowest BCUT2D eigenvalue weighted by molar-refractivity contribution is -0.143. The molecule has 0 spiro atoms. The van der Waals surface area contributed by atoms with Crippen molar-refractivity contribution >= 4 is 22.0 Å². The van der Waals surface area contributed by atoms with Crippen molar-refractivity contribution < 1.29 is 27.5 Å². The van der Waals surface area contributed by atoms with E-state index in [-0.39, 0.29) is 17.9 Å². The van der Waals surface area contributed by atoms with Gasteiger partial charge in [0, 0.05) is 6.54 Å². The number of ether oxygens (including phenoxy) is 2. The van der Waals surface area contributed by atoms with Crippen LogP contribution in [0.15, 0.2) is 35.2 Å². The van der Waals surface area contributed by atoms with Crippen LogP contribution in [0.5, 0.6) is 0 Å². The van der Waals surface area contributed by atoms with Crippen molar-refractivity contribution in [3.63, 3.8) is 0 Å². The maximum absolute atomic E-state index is 12.5. The predicted molar refractivity (Wildman–Crippen MR) is 73.8 cm³/mol. The average molecular weight is 315 g/mol. The third-order valence-corrected chi connectivity index (χ3v) is 4.57. The zero-order valence-corrected chi connectivity index (χ0v) is 12.6. The van der Waals surface area contributed by atoms with E-state index in [0.29, 0.717) is 0 Å². The van der Waals surface area contributed by atoms with E-state index in [4.69, 9.17) is 0 Å². The number of carbonyl (C=O) groups is 2. The van der Waals surface area contributed by atoms with Gasteiger partial charge in [0.15, 0.2) is 0 Å². The summed E-state index contributed by atoms with van der Waals surface area (Å²) in [5.74, 6) is -1.27. The van der Waals surface area contributed by atoms with Crippen molar-refractivity contribution in [2.24, 2.45) is 0 Å². The Morgan fingerprint density at radius 2 is 1.62 bits per heavy atom. The molecule has 0 aliphatic rings. The summed E-state index contributed by atoms with van der Waals surface area (Å²) in [5.41, 5.74) is 0. The molecule has 8 heteroatoms. The van der Waals surface area contributed by atoms with Crippen LogP contribution in [0.2, 0.25) is 0 Å². The molecule has 7 nitrogen and oxygen atoms in total. The molecule has 0 fully saturated rings. The topological polar surface area (TPSA) is 90.0 Å². The molecule has 0 aliphatic heterocycles. The molecular weight excluding hydrogens is 298 g/mol. The fraction of sp³-hybridized carbons (Fsp3) is 0.385. The maximum atomic E-state index is 12.5. The molecule has 116 valence electrons. The smallest absolute Gasteiger partial charge is 0.321 e. The van der Waals surface area contributed by atoms with Crippen LogP contribution in [0.4, 0.5) is 0 Å². The molecule has 0 bridgehead atoms. The van der Waals surface area contributed by atoms with Crippen molar-refractivity contribution in [2.45, 2.75) is 11.3 Å². The summed E-state index contributed by atoms with van der Waals surface area (Å²) in [6.45, 7) is -0.635. The minimum Gasteiger partial charge on any atom is -0.469 e. The van der Waals surface area contributed by atoms with Gasteiger partial charge in [0.2, 0.25) is 10.0 Å². The van der Waals surface area contributed by atoms with Gasteiger partial charge in [0.05, 0.1) is 25.5 Å². The van der Waals surface area contributed by atoms with Crippen molar-refractivity contribution in [1.82, 2.24) is 4.31 Å². The summed E-state index contributed by atoms with van der Waals surface area (Å²) in [6.07, 6.45) is -0.153. The number of carbonyl (C=O) groups excluding carboxylic acids is 2. The normalized spacial score (nSPS) is 11.2. The predicted octanol–water partition coefficient (Wildman–Crippen LogP) is 0.413. The van der Waals surface area contributed by atoms with Gasteiger partial charge in [-0.1, -0.05) is 18.2 Å². The van der Waals surface area contributed by atoms with E-state index in [2.05, 4.69) is 9.47 Å². The van der Waals surface area contributed by atoms with Crippen LogP contribution < -0.4 is 0 Å². The number of benzene rings is 1. The van der Waals surface area contributed by atoms with E-state index in [0.717, 1.165) is 11.4 Å². The van der Waals surface area contributed by atoms with Crippen LogP contribution in [0, 0.1) is 0 Å². The highest BCUT2D eigenvalue weighted by Gasteiger charge is 2.27. The van der Waals surface area contributed by atoms with Crippen molar-refractivity contribution in [3.05, 3.63) is 30.3 Å². The highest BCUT2D eigenvalue weighted by Crippen LogP contribution is 2.15. The fourth-order valence-electron chi connectivity index (χ4n) is 1.55. The Bertz CT molecular complexity index is 584. The molecule has 0 saturated carbocycles. The van der Waals surface area contributed by atoms with E-state index in [9.17, 15) is 18.0 Å². The van der Waals surface area contributed by atoms with E-state index in [1.807, 2.05) is 0 Å². The summed E-state index contributed by atoms with van der Waals surface area (Å²) in [7, 11) is -1.52. The minimum absolute atomic E-state index is 0.0405. The Balaban J connectivity index is 2.99. The number of rotatable bonds is 7. The number of nitrogens with zero attached hydrogens (tertiary/aromatic N) is 1. The van der Waals surface area contributed by atoms with Crippen molar-refractivity contribution in [1.29, 1.82) is 0 Å². The zero-order valence-electron chi connectivity index (χ0n) is 11.8. The molecule has 21 heavy (non-hydrogen) atoms. The Kier molecular flexibility index (Phi) is 6.32. The van der Waals surface area contributed by atoms with Gasteiger partial charge >= 0.3 is 11.9 Å². The monoisotopic (exact) mass is 315 g/mol. The van der Waals surface area contributed by atoms with E-state index < -0.39 is 28.5 Å². The largest absolute Gasteiger partial charge is 0.469 e. The summed E-state index contributed by atoms with van der Waals surface area (Å²) in [6, 6.07) is 7.65. The Morgan fingerprint density at radius 1 is 1.05 bits per heavy atom.